The molecule has 0 amide bonds. The summed E-state index contributed by atoms with van der Waals surface area (Å²) in [5.41, 5.74) is 5.10. The number of ketones is 1. The van der Waals surface area contributed by atoms with E-state index in [1.54, 1.807) is 0 Å². The number of nitrogens with two attached hydrogens (primary N) is 1. The Morgan fingerprint density at radius 1 is 1.16 bits per heavy atom. The fraction of sp³-hybridized carbons (Fsp3) is 0.533. The molecule has 4 heteroatoms. The van der Waals surface area contributed by atoms with Gasteiger partial charge < -0.3 is 5.73 Å². The van der Waals surface area contributed by atoms with E-state index < -0.39 is 17.0 Å². The predicted octanol–water partition coefficient (Wildman–Crippen LogP) is 3.45. The van der Waals surface area contributed by atoms with Crippen molar-refractivity contribution >= 4 is 5.78 Å². The normalized spacial score (nSPS) is 18.9. The summed E-state index contributed by atoms with van der Waals surface area (Å²) < 4.78 is 26.7. The summed E-state index contributed by atoms with van der Waals surface area (Å²) in [6, 6.07) is 3.11. The largest absolute Gasteiger partial charge is 0.329 e. The van der Waals surface area contributed by atoms with Crippen LogP contribution >= 0.6 is 0 Å². The van der Waals surface area contributed by atoms with Gasteiger partial charge >= 0.3 is 0 Å². The van der Waals surface area contributed by atoms with E-state index in [0.29, 0.717) is 12.8 Å². The molecule has 19 heavy (non-hydrogen) atoms. The monoisotopic (exact) mass is 267 g/mol. The highest BCUT2D eigenvalue weighted by molar-refractivity contribution is 6.01. The van der Waals surface area contributed by atoms with E-state index in [4.69, 9.17) is 5.73 Å². The fourth-order valence-corrected chi connectivity index (χ4v) is 2.89. The van der Waals surface area contributed by atoms with Gasteiger partial charge in [-0.05, 0) is 25.0 Å². The molecule has 0 radical (unpaired) electrons. The average Bonchev–Trinajstić information content (AvgIpc) is 2.64. The van der Waals surface area contributed by atoms with Gasteiger partial charge in [-0.3, -0.25) is 4.79 Å². The number of hydrogen-bond donors (Lipinski definition) is 1. The first kappa shape index (κ1) is 14.1. The van der Waals surface area contributed by atoms with Crippen LogP contribution in [0.3, 0.4) is 0 Å². The van der Waals surface area contributed by atoms with E-state index in [1.165, 1.54) is 6.07 Å². The van der Waals surface area contributed by atoms with Crippen LogP contribution in [0.1, 0.15) is 48.9 Å². The molecule has 2 nitrogen and oxygen atoms in total. The number of rotatable bonds is 3. The maximum atomic E-state index is 13.8. The van der Waals surface area contributed by atoms with Crippen molar-refractivity contribution in [3.8, 4) is 0 Å². The molecule has 2 rings (SSSR count). The molecule has 1 aromatic carbocycles. The van der Waals surface area contributed by atoms with Crippen LogP contribution in [0, 0.1) is 17.0 Å². The molecule has 1 aromatic rings. The highest BCUT2D eigenvalue weighted by Crippen LogP contribution is 2.37. The van der Waals surface area contributed by atoms with Gasteiger partial charge in [0.25, 0.3) is 0 Å². The Kier molecular flexibility index (Phi) is 4.30. The molecule has 2 N–H and O–H groups in total. The smallest absolute Gasteiger partial charge is 0.173 e. The first-order valence-corrected chi connectivity index (χ1v) is 6.79. The first-order valence-electron chi connectivity index (χ1n) is 6.79. The van der Waals surface area contributed by atoms with Gasteiger partial charge in [0, 0.05) is 18.0 Å². The minimum absolute atomic E-state index is 0.0336. The van der Waals surface area contributed by atoms with Gasteiger partial charge in [0.05, 0.1) is 5.56 Å². The van der Waals surface area contributed by atoms with Crippen molar-refractivity contribution < 1.29 is 13.6 Å². The summed E-state index contributed by atoms with van der Waals surface area (Å²) in [5, 5.41) is 0. The van der Waals surface area contributed by atoms with E-state index >= 15 is 0 Å². The Hall–Kier alpha value is -1.29. The van der Waals surface area contributed by atoms with Gasteiger partial charge in [-0.1, -0.05) is 25.7 Å². The third-order valence-corrected chi connectivity index (χ3v) is 4.11. The molecule has 0 bridgehead atoms. The minimum atomic E-state index is -0.790. The fourth-order valence-electron chi connectivity index (χ4n) is 2.89. The molecule has 0 aliphatic heterocycles. The maximum absolute atomic E-state index is 13.8. The lowest BCUT2D eigenvalue weighted by molar-refractivity contribution is 0.0769. The number of halogens is 2. The first-order chi connectivity index (χ1) is 9.09. The van der Waals surface area contributed by atoms with E-state index in [1.807, 2.05) is 0 Å². The summed E-state index contributed by atoms with van der Waals surface area (Å²) >= 11 is 0. The standard InChI is InChI=1S/C15H19F2NO/c16-11-5-6-12(13(17)9-11)14(19)15(10-18)7-3-1-2-4-8-15/h5-6,9H,1-4,7-8,10,18H2. The SMILES string of the molecule is NCC1(C(=O)c2ccc(F)cc2F)CCCCCC1. The Balaban J connectivity index is 2.34. The molecule has 0 spiro atoms. The molecule has 0 heterocycles. The van der Waals surface area contributed by atoms with Crippen molar-refractivity contribution in [3.63, 3.8) is 0 Å². The van der Waals surface area contributed by atoms with Crippen LogP contribution in [0.5, 0.6) is 0 Å². The number of hydrogen-bond acceptors (Lipinski definition) is 2. The quantitative estimate of drug-likeness (QED) is 0.673. The molecule has 1 fully saturated rings. The summed E-state index contributed by atoms with van der Waals surface area (Å²) in [6.45, 7) is 0.225. The lowest BCUT2D eigenvalue weighted by Gasteiger charge is -2.29. The van der Waals surface area contributed by atoms with Crippen LogP contribution in [0.2, 0.25) is 0 Å². The summed E-state index contributed by atoms with van der Waals surface area (Å²) in [4.78, 5) is 12.6. The Bertz CT molecular complexity index is 465. The summed E-state index contributed by atoms with van der Waals surface area (Å²) in [6.07, 6.45) is 5.43. The van der Waals surface area contributed by atoms with E-state index in [0.717, 1.165) is 37.8 Å². The lowest BCUT2D eigenvalue weighted by atomic mass is 9.74. The van der Waals surface area contributed by atoms with Crippen molar-refractivity contribution in [1.82, 2.24) is 0 Å². The van der Waals surface area contributed by atoms with Crippen molar-refractivity contribution in [2.75, 3.05) is 6.54 Å². The van der Waals surface area contributed by atoms with E-state index in [9.17, 15) is 13.6 Å². The molecule has 1 aliphatic rings. The molecule has 0 atom stereocenters. The predicted molar refractivity (Wildman–Crippen MR) is 69.9 cm³/mol. The lowest BCUT2D eigenvalue weighted by Crippen LogP contribution is -2.38. The molecular weight excluding hydrogens is 248 g/mol. The molecule has 104 valence electrons. The topological polar surface area (TPSA) is 43.1 Å². The van der Waals surface area contributed by atoms with Crippen molar-refractivity contribution in [2.45, 2.75) is 38.5 Å². The second kappa shape index (κ2) is 5.78. The van der Waals surface area contributed by atoms with Crippen LogP contribution in [-0.2, 0) is 0 Å². The molecule has 0 aromatic heterocycles. The molecular formula is C15H19F2NO. The Morgan fingerprint density at radius 2 is 1.79 bits per heavy atom. The molecule has 0 unspecified atom stereocenters. The van der Waals surface area contributed by atoms with Crippen LogP contribution < -0.4 is 5.73 Å². The van der Waals surface area contributed by atoms with Crippen LogP contribution in [-0.4, -0.2) is 12.3 Å². The number of carbonyl (C=O) groups is 1. The van der Waals surface area contributed by atoms with Gasteiger partial charge in [0.1, 0.15) is 11.6 Å². The zero-order valence-corrected chi connectivity index (χ0v) is 10.9. The number of benzene rings is 1. The highest BCUT2D eigenvalue weighted by atomic mass is 19.1. The van der Waals surface area contributed by atoms with Gasteiger partial charge in [0.2, 0.25) is 0 Å². The van der Waals surface area contributed by atoms with Crippen LogP contribution in [0.15, 0.2) is 18.2 Å². The van der Waals surface area contributed by atoms with Gasteiger partial charge in [-0.2, -0.15) is 0 Å². The third kappa shape index (κ3) is 2.84. The molecule has 1 saturated carbocycles. The Morgan fingerprint density at radius 3 is 2.32 bits per heavy atom. The van der Waals surface area contributed by atoms with Gasteiger partial charge in [-0.25, -0.2) is 8.78 Å². The zero-order chi connectivity index (χ0) is 13.9. The molecule has 1 aliphatic carbocycles. The number of Topliss-reactive ketones (excluding diaryl/α,β-unsaturated/α-hetero) is 1. The van der Waals surface area contributed by atoms with Crippen molar-refractivity contribution in [3.05, 3.63) is 35.4 Å². The molecule has 0 saturated heterocycles. The Labute approximate surface area is 112 Å². The second-order valence-corrected chi connectivity index (χ2v) is 5.35. The van der Waals surface area contributed by atoms with Gasteiger partial charge in [0.15, 0.2) is 5.78 Å². The maximum Gasteiger partial charge on any atom is 0.173 e. The van der Waals surface area contributed by atoms with Crippen LogP contribution in [0.25, 0.3) is 0 Å². The highest BCUT2D eigenvalue weighted by Gasteiger charge is 2.38. The van der Waals surface area contributed by atoms with E-state index in [2.05, 4.69) is 0 Å². The zero-order valence-electron chi connectivity index (χ0n) is 10.9. The number of carbonyl (C=O) groups excluding carboxylic acids is 1. The van der Waals surface area contributed by atoms with Gasteiger partial charge in [-0.15, -0.1) is 0 Å². The van der Waals surface area contributed by atoms with Crippen LogP contribution in [0.4, 0.5) is 8.78 Å². The summed E-state index contributed by atoms with van der Waals surface area (Å²) in [5.74, 6) is -1.73. The second-order valence-electron chi connectivity index (χ2n) is 5.35. The summed E-state index contributed by atoms with van der Waals surface area (Å²) in [7, 11) is 0. The average molecular weight is 267 g/mol. The van der Waals surface area contributed by atoms with Crippen molar-refractivity contribution in [2.24, 2.45) is 11.1 Å². The van der Waals surface area contributed by atoms with Crippen molar-refractivity contribution in [1.29, 1.82) is 0 Å². The van der Waals surface area contributed by atoms with E-state index in [-0.39, 0.29) is 17.9 Å². The minimum Gasteiger partial charge on any atom is -0.329 e. The third-order valence-electron chi connectivity index (χ3n) is 4.11.